The second kappa shape index (κ2) is 7.01. The molecular weight excluding hydrogens is 328 g/mol. The van der Waals surface area contributed by atoms with Crippen LogP contribution in [-0.2, 0) is 0 Å². The average molecular weight is 341 g/mol. The SMILES string of the molecule is C/C(=N/NC(=O)c1ccccc1Cl)c1cccc(-n2cnnn2)c1. The zero-order valence-electron chi connectivity index (χ0n) is 12.7. The molecule has 0 radical (unpaired) electrons. The summed E-state index contributed by atoms with van der Waals surface area (Å²) >= 11 is 6.00. The van der Waals surface area contributed by atoms with Crippen LogP contribution in [-0.4, -0.2) is 31.8 Å². The highest BCUT2D eigenvalue weighted by molar-refractivity contribution is 6.33. The van der Waals surface area contributed by atoms with Crippen LogP contribution in [0, 0.1) is 0 Å². The van der Waals surface area contributed by atoms with Crippen LogP contribution in [0.4, 0.5) is 0 Å². The molecule has 7 nitrogen and oxygen atoms in total. The zero-order valence-corrected chi connectivity index (χ0v) is 13.5. The molecule has 0 spiro atoms. The Hall–Kier alpha value is -3.06. The van der Waals surface area contributed by atoms with Gasteiger partial charge in [0.25, 0.3) is 5.91 Å². The second-order valence-electron chi connectivity index (χ2n) is 4.92. The molecule has 1 heterocycles. The van der Waals surface area contributed by atoms with E-state index in [1.807, 2.05) is 24.3 Å². The Morgan fingerprint density at radius 1 is 1.21 bits per heavy atom. The lowest BCUT2D eigenvalue weighted by Gasteiger charge is -2.06. The van der Waals surface area contributed by atoms with E-state index in [1.165, 1.54) is 6.33 Å². The minimum absolute atomic E-state index is 0.364. The van der Waals surface area contributed by atoms with Gasteiger partial charge in [0.05, 0.1) is 22.0 Å². The van der Waals surface area contributed by atoms with Crippen LogP contribution in [0.5, 0.6) is 0 Å². The standard InChI is InChI=1S/C16H13ClN6O/c1-11(19-20-16(24)14-7-2-3-8-15(14)17)12-5-4-6-13(9-12)23-10-18-21-22-23/h2-10H,1H3,(H,20,24)/b19-11-. The van der Waals surface area contributed by atoms with Crippen molar-refractivity contribution in [1.29, 1.82) is 0 Å². The smallest absolute Gasteiger partial charge is 0.267 e. The van der Waals surface area contributed by atoms with Crippen LogP contribution in [0.3, 0.4) is 0 Å². The van der Waals surface area contributed by atoms with Crippen LogP contribution >= 0.6 is 11.6 Å². The first kappa shape index (κ1) is 15.8. The largest absolute Gasteiger partial charge is 0.272 e. The summed E-state index contributed by atoms with van der Waals surface area (Å²) in [7, 11) is 0. The van der Waals surface area contributed by atoms with Crippen molar-refractivity contribution in [2.24, 2.45) is 5.10 Å². The average Bonchev–Trinajstić information content (AvgIpc) is 3.14. The lowest BCUT2D eigenvalue weighted by molar-refractivity contribution is 0.0955. The Kier molecular flexibility index (Phi) is 4.62. The summed E-state index contributed by atoms with van der Waals surface area (Å²) in [6.07, 6.45) is 1.50. The molecule has 120 valence electrons. The van der Waals surface area contributed by atoms with Gasteiger partial charge in [-0.2, -0.15) is 5.10 Å². The van der Waals surface area contributed by atoms with E-state index in [0.717, 1.165) is 11.3 Å². The van der Waals surface area contributed by atoms with Gasteiger partial charge >= 0.3 is 0 Å². The Balaban J connectivity index is 1.78. The van der Waals surface area contributed by atoms with Crippen molar-refractivity contribution in [3.63, 3.8) is 0 Å². The van der Waals surface area contributed by atoms with Gasteiger partial charge in [-0.05, 0) is 47.2 Å². The molecule has 0 fully saturated rings. The highest BCUT2D eigenvalue weighted by Crippen LogP contribution is 2.14. The molecule has 0 atom stereocenters. The fraction of sp³-hybridized carbons (Fsp3) is 0.0625. The normalized spacial score (nSPS) is 11.3. The molecule has 1 N–H and O–H groups in total. The molecule has 3 aromatic rings. The number of tetrazole rings is 1. The monoisotopic (exact) mass is 340 g/mol. The van der Waals surface area contributed by atoms with E-state index >= 15 is 0 Å². The molecule has 0 saturated carbocycles. The number of halogens is 1. The van der Waals surface area contributed by atoms with Gasteiger partial charge in [0, 0.05) is 0 Å². The molecule has 1 aromatic heterocycles. The quantitative estimate of drug-likeness (QED) is 0.584. The van der Waals surface area contributed by atoms with Crippen molar-refractivity contribution < 1.29 is 4.79 Å². The van der Waals surface area contributed by atoms with Crippen molar-refractivity contribution in [2.75, 3.05) is 0 Å². The summed E-state index contributed by atoms with van der Waals surface area (Å²) in [5, 5.41) is 15.6. The topological polar surface area (TPSA) is 85.1 Å². The van der Waals surface area contributed by atoms with Gasteiger partial charge in [-0.15, -0.1) is 5.10 Å². The third-order valence-corrected chi connectivity index (χ3v) is 3.65. The molecule has 0 unspecified atom stereocenters. The van der Waals surface area contributed by atoms with Crippen LogP contribution < -0.4 is 5.43 Å². The first-order valence-electron chi connectivity index (χ1n) is 7.08. The first-order chi connectivity index (χ1) is 11.6. The summed E-state index contributed by atoms with van der Waals surface area (Å²) in [6, 6.07) is 14.3. The Morgan fingerprint density at radius 2 is 2.04 bits per heavy atom. The van der Waals surface area contributed by atoms with Gasteiger partial charge in [-0.1, -0.05) is 35.9 Å². The van der Waals surface area contributed by atoms with E-state index in [-0.39, 0.29) is 5.91 Å². The summed E-state index contributed by atoms with van der Waals surface area (Å²) in [5.41, 5.74) is 5.16. The van der Waals surface area contributed by atoms with Crippen molar-refractivity contribution in [1.82, 2.24) is 25.6 Å². The number of carbonyl (C=O) groups excluding carboxylic acids is 1. The second-order valence-corrected chi connectivity index (χ2v) is 5.33. The van der Waals surface area contributed by atoms with E-state index < -0.39 is 0 Å². The number of amides is 1. The molecule has 0 aliphatic heterocycles. The maximum absolute atomic E-state index is 12.1. The number of hydrazone groups is 1. The number of hydrogen-bond acceptors (Lipinski definition) is 5. The van der Waals surface area contributed by atoms with E-state index in [1.54, 1.807) is 35.9 Å². The summed E-state index contributed by atoms with van der Waals surface area (Å²) in [6.45, 7) is 1.80. The molecule has 2 aromatic carbocycles. The number of rotatable bonds is 4. The molecule has 0 saturated heterocycles. The minimum Gasteiger partial charge on any atom is -0.267 e. The van der Waals surface area contributed by atoms with E-state index in [0.29, 0.717) is 16.3 Å². The lowest BCUT2D eigenvalue weighted by atomic mass is 10.1. The van der Waals surface area contributed by atoms with E-state index in [4.69, 9.17) is 11.6 Å². The van der Waals surface area contributed by atoms with Crippen molar-refractivity contribution in [3.8, 4) is 5.69 Å². The maximum atomic E-state index is 12.1. The van der Waals surface area contributed by atoms with Gasteiger partial charge in [-0.25, -0.2) is 10.1 Å². The molecule has 8 heteroatoms. The predicted octanol–water partition coefficient (Wildman–Crippen LogP) is 2.47. The van der Waals surface area contributed by atoms with Gasteiger partial charge < -0.3 is 0 Å². The van der Waals surface area contributed by atoms with Crippen LogP contribution in [0.25, 0.3) is 5.69 Å². The third-order valence-electron chi connectivity index (χ3n) is 3.32. The summed E-state index contributed by atoms with van der Waals surface area (Å²) in [4.78, 5) is 12.1. The Bertz CT molecular complexity index is 891. The molecule has 0 bridgehead atoms. The third kappa shape index (κ3) is 3.47. The molecule has 3 rings (SSSR count). The molecule has 0 aliphatic carbocycles. The fourth-order valence-electron chi connectivity index (χ4n) is 2.06. The number of nitrogens with zero attached hydrogens (tertiary/aromatic N) is 5. The highest BCUT2D eigenvalue weighted by atomic mass is 35.5. The maximum Gasteiger partial charge on any atom is 0.272 e. The molecule has 24 heavy (non-hydrogen) atoms. The number of hydrogen-bond donors (Lipinski definition) is 1. The van der Waals surface area contributed by atoms with Crippen LogP contribution in [0.15, 0.2) is 60.0 Å². The molecule has 1 amide bonds. The fourth-order valence-corrected chi connectivity index (χ4v) is 2.28. The number of carbonyl (C=O) groups is 1. The summed E-state index contributed by atoms with van der Waals surface area (Å²) in [5.74, 6) is -0.364. The Labute approximate surface area is 143 Å². The summed E-state index contributed by atoms with van der Waals surface area (Å²) < 4.78 is 1.54. The first-order valence-corrected chi connectivity index (χ1v) is 7.46. The van der Waals surface area contributed by atoms with Crippen molar-refractivity contribution in [3.05, 3.63) is 71.0 Å². The van der Waals surface area contributed by atoms with Crippen molar-refractivity contribution in [2.45, 2.75) is 6.92 Å². The Morgan fingerprint density at radius 3 is 2.79 bits per heavy atom. The number of nitrogens with one attached hydrogen (secondary N) is 1. The highest BCUT2D eigenvalue weighted by Gasteiger charge is 2.09. The van der Waals surface area contributed by atoms with Crippen LogP contribution in [0.1, 0.15) is 22.8 Å². The van der Waals surface area contributed by atoms with Gasteiger partial charge in [0.2, 0.25) is 0 Å². The van der Waals surface area contributed by atoms with Gasteiger partial charge in [0.15, 0.2) is 0 Å². The van der Waals surface area contributed by atoms with Gasteiger partial charge in [0.1, 0.15) is 6.33 Å². The lowest BCUT2D eigenvalue weighted by Crippen LogP contribution is -2.19. The number of benzene rings is 2. The van der Waals surface area contributed by atoms with E-state index in [9.17, 15) is 4.79 Å². The molecular formula is C16H13ClN6O. The number of aromatic nitrogens is 4. The van der Waals surface area contributed by atoms with E-state index in [2.05, 4.69) is 26.1 Å². The van der Waals surface area contributed by atoms with Gasteiger partial charge in [-0.3, -0.25) is 4.79 Å². The van der Waals surface area contributed by atoms with Crippen molar-refractivity contribution >= 4 is 23.2 Å². The zero-order chi connectivity index (χ0) is 16.9. The minimum atomic E-state index is -0.364. The van der Waals surface area contributed by atoms with Crippen LogP contribution in [0.2, 0.25) is 5.02 Å². The predicted molar refractivity (Wildman–Crippen MR) is 90.3 cm³/mol. The molecule has 0 aliphatic rings.